The van der Waals surface area contributed by atoms with Gasteiger partial charge in [-0.3, -0.25) is 0 Å². The first kappa shape index (κ1) is 16.7. The molecule has 2 aromatic carbocycles. The molecule has 0 amide bonds. The Morgan fingerprint density at radius 3 is 1.88 bits per heavy atom. The molecule has 0 aromatic heterocycles. The van der Waals surface area contributed by atoms with E-state index in [0.717, 1.165) is 30.8 Å². The molecule has 2 aromatic rings. The van der Waals surface area contributed by atoms with Crippen molar-refractivity contribution >= 4 is 0 Å². The van der Waals surface area contributed by atoms with Crippen molar-refractivity contribution in [3.05, 3.63) is 71.8 Å². The maximum atomic E-state index is 10.3. The summed E-state index contributed by atoms with van der Waals surface area (Å²) in [6, 6.07) is 23.3. The second-order valence-electron chi connectivity index (χ2n) is 6.91. The van der Waals surface area contributed by atoms with E-state index in [1.165, 1.54) is 19.3 Å². The van der Waals surface area contributed by atoms with Gasteiger partial charge in [-0.1, -0.05) is 74.0 Å². The normalized spacial score (nSPS) is 17.2. The maximum Gasteiger partial charge on any atom is 0.111 e. The van der Waals surface area contributed by atoms with E-state index >= 15 is 0 Å². The third-order valence-corrected chi connectivity index (χ3v) is 5.35. The van der Waals surface area contributed by atoms with E-state index in [1.807, 2.05) is 36.4 Å². The lowest BCUT2D eigenvalue weighted by molar-refractivity contribution is 0.182. The lowest BCUT2D eigenvalue weighted by Crippen LogP contribution is -2.42. The van der Waals surface area contributed by atoms with Crippen molar-refractivity contribution in [3.63, 3.8) is 0 Å². The van der Waals surface area contributed by atoms with Gasteiger partial charge >= 0.3 is 0 Å². The van der Waals surface area contributed by atoms with Crippen LogP contribution in [-0.2, 0) is 5.41 Å². The van der Waals surface area contributed by atoms with Crippen molar-refractivity contribution in [1.29, 1.82) is 5.26 Å². The first-order chi connectivity index (χ1) is 11.8. The monoisotopic (exact) mass is 318 g/mol. The van der Waals surface area contributed by atoms with Crippen LogP contribution in [0.15, 0.2) is 60.7 Å². The van der Waals surface area contributed by atoms with Gasteiger partial charge in [-0.15, -0.1) is 0 Å². The zero-order valence-electron chi connectivity index (χ0n) is 14.5. The maximum absolute atomic E-state index is 10.3. The molecule has 2 nitrogen and oxygen atoms in total. The lowest BCUT2D eigenvalue weighted by Gasteiger charge is -2.38. The minimum atomic E-state index is -0.597. The average Bonchev–Trinajstić information content (AvgIpc) is 2.65. The molecule has 1 aliphatic rings. The third-order valence-electron chi connectivity index (χ3n) is 5.35. The Morgan fingerprint density at radius 1 is 0.917 bits per heavy atom. The van der Waals surface area contributed by atoms with Crippen LogP contribution in [0, 0.1) is 17.2 Å². The minimum absolute atomic E-state index is 0.227. The molecule has 0 radical (unpaired) electrons. The summed E-state index contributed by atoms with van der Waals surface area (Å²) in [6.07, 6.45) is 3.90. The molecule has 1 heterocycles. The summed E-state index contributed by atoms with van der Waals surface area (Å²) in [5.41, 5.74) is 1.60. The molecule has 1 fully saturated rings. The van der Waals surface area contributed by atoms with Crippen molar-refractivity contribution in [2.45, 2.75) is 31.6 Å². The number of nitriles is 1. The van der Waals surface area contributed by atoms with Crippen molar-refractivity contribution in [3.8, 4) is 6.07 Å². The Morgan fingerprint density at radius 2 is 1.42 bits per heavy atom. The molecule has 1 atom stereocenters. The fourth-order valence-corrected chi connectivity index (χ4v) is 4.04. The smallest absolute Gasteiger partial charge is 0.111 e. The van der Waals surface area contributed by atoms with Crippen LogP contribution in [0.2, 0.25) is 0 Å². The molecule has 0 aliphatic carbocycles. The number of hydrogen-bond acceptors (Lipinski definition) is 2. The number of nitrogens with zero attached hydrogens (tertiary/aromatic N) is 2. The van der Waals surface area contributed by atoms with E-state index in [4.69, 9.17) is 0 Å². The second-order valence-corrected chi connectivity index (χ2v) is 6.91. The van der Waals surface area contributed by atoms with Gasteiger partial charge in [-0.05, 0) is 43.0 Å². The average molecular weight is 318 g/mol. The van der Waals surface area contributed by atoms with Crippen molar-refractivity contribution in [2.24, 2.45) is 5.92 Å². The first-order valence-electron chi connectivity index (χ1n) is 9.02. The van der Waals surface area contributed by atoms with E-state index in [0.29, 0.717) is 0 Å². The number of rotatable bonds is 5. The molecule has 0 unspecified atom stereocenters. The van der Waals surface area contributed by atoms with Crippen molar-refractivity contribution in [2.75, 3.05) is 19.6 Å². The number of hydrogen-bond donors (Lipinski definition) is 0. The zero-order chi connectivity index (χ0) is 16.8. The summed E-state index contributed by atoms with van der Waals surface area (Å²) in [7, 11) is 0. The summed E-state index contributed by atoms with van der Waals surface area (Å²) >= 11 is 0. The number of benzene rings is 2. The van der Waals surface area contributed by atoms with Gasteiger partial charge in [0.1, 0.15) is 5.41 Å². The first-order valence-corrected chi connectivity index (χ1v) is 9.02. The van der Waals surface area contributed by atoms with E-state index in [-0.39, 0.29) is 5.92 Å². The van der Waals surface area contributed by atoms with Gasteiger partial charge in [0.2, 0.25) is 0 Å². The Labute approximate surface area is 145 Å². The standard InChI is InChI=1S/C22H26N2/c1-19(17-24-15-9-4-10-16-24)22(18-23,20-11-5-2-6-12-20)21-13-7-3-8-14-21/h2-3,5-8,11-14,19H,4,9-10,15-17H2,1H3/t19-/m0/s1. The SMILES string of the molecule is C[C@@H](CN1CCCCC1)C(C#N)(c1ccccc1)c1ccccc1. The van der Waals surface area contributed by atoms with Crippen LogP contribution in [0.3, 0.4) is 0 Å². The predicted octanol–water partition coefficient (Wildman–Crippen LogP) is 4.62. The molecule has 0 spiro atoms. The fraction of sp³-hybridized carbons (Fsp3) is 0.409. The van der Waals surface area contributed by atoms with Crippen molar-refractivity contribution < 1.29 is 0 Å². The van der Waals surface area contributed by atoms with Crippen molar-refractivity contribution in [1.82, 2.24) is 4.90 Å². The fourth-order valence-electron chi connectivity index (χ4n) is 4.04. The molecule has 24 heavy (non-hydrogen) atoms. The van der Waals surface area contributed by atoms with Gasteiger partial charge in [0, 0.05) is 6.54 Å². The molecule has 124 valence electrons. The van der Waals surface area contributed by atoms with E-state index < -0.39 is 5.41 Å². The molecular formula is C22H26N2. The topological polar surface area (TPSA) is 27.0 Å². The van der Waals surface area contributed by atoms with Crippen LogP contribution in [-0.4, -0.2) is 24.5 Å². The highest BCUT2D eigenvalue weighted by Gasteiger charge is 2.40. The Bertz CT molecular complexity index is 627. The highest BCUT2D eigenvalue weighted by Crippen LogP contribution is 2.39. The summed E-state index contributed by atoms with van der Waals surface area (Å²) in [5.74, 6) is 0.227. The van der Waals surface area contributed by atoms with E-state index in [1.54, 1.807) is 0 Å². The highest BCUT2D eigenvalue weighted by molar-refractivity contribution is 5.46. The third kappa shape index (κ3) is 3.23. The van der Waals surface area contributed by atoms with Crippen LogP contribution in [0.4, 0.5) is 0 Å². The van der Waals surface area contributed by atoms with Crippen LogP contribution in [0.1, 0.15) is 37.3 Å². The molecule has 3 rings (SSSR count). The molecule has 2 heteroatoms. The Hall–Kier alpha value is -2.11. The molecule has 1 aliphatic heterocycles. The zero-order valence-corrected chi connectivity index (χ0v) is 14.5. The molecule has 0 saturated carbocycles. The van der Waals surface area contributed by atoms with Gasteiger partial charge in [-0.25, -0.2) is 0 Å². The summed E-state index contributed by atoms with van der Waals surface area (Å²) in [4.78, 5) is 2.53. The van der Waals surface area contributed by atoms with E-state index in [9.17, 15) is 5.26 Å². The van der Waals surface area contributed by atoms with Crippen LogP contribution >= 0.6 is 0 Å². The summed E-state index contributed by atoms with van der Waals surface area (Å²) < 4.78 is 0. The summed E-state index contributed by atoms with van der Waals surface area (Å²) in [6.45, 7) is 5.53. The lowest BCUT2D eigenvalue weighted by atomic mass is 9.67. The second kappa shape index (κ2) is 7.64. The highest BCUT2D eigenvalue weighted by atomic mass is 15.1. The van der Waals surface area contributed by atoms with Gasteiger partial charge in [-0.2, -0.15) is 5.26 Å². The quantitative estimate of drug-likeness (QED) is 0.804. The minimum Gasteiger partial charge on any atom is -0.303 e. The molecule has 0 bridgehead atoms. The molecule has 0 N–H and O–H groups in total. The molecular weight excluding hydrogens is 292 g/mol. The van der Waals surface area contributed by atoms with Gasteiger partial charge in [0.25, 0.3) is 0 Å². The summed E-state index contributed by atoms with van der Waals surface area (Å²) in [5, 5.41) is 10.3. The van der Waals surface area contributed by atoms with Crippen LogP contribution in [0.25, 0.3) is 0 Å². The van der Waals surface area contributed by atoms with Crippen LogP contribution in [0.5, 0.6) is 0 Å². The van der Waals surface area contributed by atoms with E-state index in [2.05, 4.69) is 42.2 Å². The Kier molecular flexibility index (Phi) is 5.33. The number of piperidine rings is 1. The Balaban J connectivity index is 1.99. The molecule has 1 saturated heterocycles. The van der Waals surface area contributed by atoms with Crippen LogP contribution < -0.4 is 0 Å². The van der Waals surface area contributed by atoms with Gasteiger partial charge in [0.05, 0.1) is 6.07 Å². The largest absolute Gasteiger partial charge is 0.303 e. The van der Waals surface area contributed by atoms with Gasteiger partial charge in [0.15, 0.2) is 0 Å². The predicted molar refractivity (Wildman–Crippen MR) is 98.7 cm³/mol. The number of likely N-dealkylation sites (tertiary alicyclic amines) is 1. The van der Waals surface area contributed by atoms with Gasteiger partial charge < -0.3 is 4.90 Å².